The molecule has 0 fully saturated rings. The Morgan fingerprint density at radius 3 is 2.67 bits per heavy atom. The van der Waals surface area contributed by atoms with E-state index in [-0.39, 0.29) is 16.9 Å². The van der Waals surface area contributed by atoms with Crippen molar-refractivity contribution in [2.24, 2.45) is 0 Å². The highest BCUT2D eigenvalue weighted by atomic mass is 35.5. The average molecular weight is 421 g/mol. The summed E-state index contributed by atoms with van der Waals surface area (Å²) in [4.78, 5) is 23.7. The maximum atomic E-state index is 12.5. The molecule has 0 bridgehead atoms. The third kappa shape index (κ3) is 4.59. The molecule has 1 heterocycles. The number of para-hydroxylation sites is 1. The molecule has 7 heteroatoms. The fourth-order valence-corrected chi connectivity index (χ4v) is 3.06. The second-order valence-electron chi connectivity index (χ2n) is 6.34. The number of hydrogen-bond acceptors (Lipinski definition) is 4. The van der Waals surface area contributed by atoms with Gasteiger partial charge in [-0.15, -0.1) is 0 Å². The molecule has 3 aromatic rings. The lowest BCUT2D eigenvalue weighted by Gasteiger charge is -2.08. The quantitative estimate of drug-likeness (QED) is 0.410. The van der Waals surface area contributed by atoms with Crippen LogP contribution in [0.5, 0.6) is 0 Å². The summed E-state index contributed by atoms with van der Waals surface area (Å²) in [5, 5.41) is 21.6. The summed E-state index contributed by atoms with van der Waals surface area (Å²) in [7, 11) is 0. The van der Waals surface area contributed by atoms with Crippen molar-refractivity contribution < 1.29 is 19.1 Å². The summed E-state index contributed by atoms with van der Waals surface area (Å²) in [6.07, 6.45) is 2.06. The minimum Gasteiger partial charge on any atom is -0.478 e. The highest BCUT2D eigenvalue weighted by Crippen LogP contribution is 2.31. The molecule has 0 atom stereocenters. The van der Waals surface area contributed by atoms with Gasteiger partial charge < -0.3 is 14.8 Å². The van der Waals surface area contributed by atoms with Crippen LogP contribution in [-0.2, 0) is 11.2 Å². The molecule has 0 aliphatic heterocycles. The minimum atomic E-state index is -1.09. The molecular formula is C23H17ClN2O4. The Morgan fingerprint density at radius 2 is 1.97 bits per heavy atom. The Bertz CT molecular complexity index is 1190. The van der Waals surface area contributed by atoms with Crippen LogP contribution in [0.15, 0.2) is 64.6 Å². The number of nitrogens with one attached hydrogen (secondary N) is 1. The van der Waals surface area contributed by atoms with Crippen molar-refractivity contribution in [1.82, 2.24) is 0 Å². The summed E-state index contributed by atoms with van der Waals surface area (Å²) in [5.41, 5.74) is 1.93. The number of carbonyl (C=O) groups is 2. The van der Waals surface area contributed by atoms with Crippen LogP contribution < -0.4 is 5.32 Å². The first kappa shape index (κ1) is 20.9. The normalized spacial score (nSPS) is 11.0. The first-order chi connectivity index (χ1) is 14.4. The molecule has 0 spiro atoms. The molecule has 2 N–H and O–H groups in total. The lowest BCUT2D eigenvalue weighted by atomic mass is 10.1. The van der Waals surface area contributed by atoms with E-state index in [0.717, 1.165) is 12.0 Å². The van der Waals surface area contributed by atoms with Crippen molar-refractivity contribution >= 4 is 35.2 Å². The van der Waals surface area contributed by atoms with Crippen LogP contribution in [0.2, 0.25) is 5.02 Å². The van der Waals surface area contributed by atoms with Gasteiger partial charge in [0, 0.05) is 17.3 Å². The van der Waals surface area contributed by atoms with Gasteiger partial charge in [-0.05, 0) is 48.4 Å². The zero-order valence-electron chi connectivity index (χ0n) is 16.0. The molecule has 1 amide bonds. The summed E-state index contributed by atoms with van der Waals surface area (Å²) in [6.45, 7) is 1.97. The molecule has 3 rings (SSSR count). The molecular weight excluding hydrogens is 404 g/mol. The smallest absolute Gasteiger partial charge is 0.335 e. The van der Waals surface area contributed by atoms with Crippen LogP contribution in [0.4, 0.5) is 5.69 Å². The van der Waals surface area contributed by atoms with E-state index in [4.69, 9.17) is 21.1 Å². The van der Waals surface area contributed by atoms with E-state index in [1.807, 2.05) is 25.1 Å². The van der Waals surface area contributed by atoms with Crippen molar-refractivity contribution in [3.05, 3.63) is 82.1 Å². The number of anilines is 1. The molecule has 0 saturated heterocycles. The summed E-state index contributed by atoms with van der Waals surface area (Å²) < 4.78 is 5.68. The van der Waals surface area contributed by atoms with E-state index in [2.05, 4.69) is 5.32 Å². The van der Waals surface area contributed by atoms with Crippen LogP contribution in [0.1, 0.15) is 28.6 Å². The van der Waals surface area contributed by atoms with E-state index < -0.39 is 11.9 Å². The number of hydrogen-bond donors (Lipinski definition) is 2. The van der Waals surface area contributed by atoms with Gasteiger partial charge in [0.1, 0.15) is 23.2 Å². The average Bonchev–Trinajstić information content (AvgIpc) is 3.20. The number of aryl methyl sites for hydroxylation is 1. The molecule has 30 heavy (non-hydrogen) atoms. The summed E-state index contributed by atoms with van der Waals surface area (Å²) in [6, 6.07) is 16.7. The van der Waals surface area contributed by atoms with Crippen molar-refractivity contribution in [3.63, 3.8) is 0 Å². The molecule has 0 aliphatic rings. The van der Waals surface area contributed by atoms with E-state index >= 15 is 0 Å². The van der Waals surface area contributed by atoms with Crippen LogP contribution in [0.3, 0.4) is 0 Å². The minimum absolute atomic E-state index is 0.0644. The maximum Gasteiger partial charge on any atom is 0.335 e. The van der Waals surface area contributed by atoms with Crippen molar-refractivity contribution in [2.45, 2.75) is 13.3 Å². The lowest BCUT2D eigenvalue weighted by molar-refractivity contribution is -0.112. The van der Waals surface area contributed by atoms with Gasteiger partial charge in [0.15, 0.2) is 0 Å². The van der Waals surface area contributed by atoms with E-state index in [0.29, 0.717) is 22.0 Å². The number of nitrogens with zero attached hydrogens (tertiary/aromatic N) is 1. The third-order valence-electron chi connectivity index (χ3n) is 4.40. The SMILES string of the molecule is CCc1ccccc1NC(=O)/C(C#N)=C/c1ccc(-c2cc(C(=O)O)ccc2Cl)o1. The number of halogens is 1. The van der Waals surface area contributed by atoms with E-state index in [1.54, 1.807) is 24.3 Å². The van der Waals surface area contributed by atoms with Gasteiger partial charge in [-0.25, -0.2) is 4.79 Å². The Morgan fingerprint density at radius 1 is 1.20 bits per heavy atom. The number of benzene rings is 2. The van der Waals surface area contributed by atoms with E-state index in [9.17, 15) is 14.9 Å². The second-order valence-corrected chi connectivity index (χ2v) is 6.74. The first-order valence-electron chi connectivity index (χ1n) is 9.07. The van der Waals surface area contributed by atoms with Gasteiger partial charge in [0.05, 0.1) is 10.6 Å². The van der Waals surface area contributed by atoms with Crippen LogP contribution >= 0.6 is 11.6 Å². The van der Waals surface area contributed by atoms with Crippen LogP contribution in [-0.4, -0.2) is 17.0 Å². The number of rotatable bonds is 6. The van der Waals surface area contributed by atoms with Gasteiger partial charge in [-0.3, -0.25) is 4.79 Å². The number of carbonyl (C=O) groups excluding carboxylic acids is 1. The number of nitriles is 1. The van der Waals surface area contributed by atoms with Crippen LogP contribution in [0.25, 0.3) is 17.4 Å². The standard InChI is InChI=1S/C23H17ClN2O4/c1-2-14-5-3-4-6-20(14)26-22(27)16(13-25)11-17-8-10-21(30-17)18-12-15(23(28)29)7-9-19(18)24/h3-12H,2H2,1H3,(H,26,27)(H,28,29)/b16-11+. The Hall–Kier alpha value is -3.82. The molecule has 1 aromatic heterocycles. The van der Waals surface area contributed by atoms with Gasteiger partial charge in [0.25, 0.3) is 5.91 Å². The number of amides is 1. The Labute approximate surface area is 178 Å². The first-order valence-corrected chi connectivity index (χ1v) is 9.44. The van der Waals surface area contributed by atoms with Crippen molar-refractivity contribution in [2.75, 3.05) is 5.32 Å². The number of aromatic carboxylic acids is 1. The van der Waals surface area contributed by atoms with Crippen LogP contribution in [0, 0.1) is 11.3 Å². The Balaban J connectivity index is 1.87. The van der Waals surface area contributed by atoms with E-state index in [1.165, 1.54) is 24.3 Å². The second kappa shape index (κ2) is 9.12. The summed E-state index contributed by atoms with van der Waals surface area (Å²) in [5.74, 6) is -1.06. The zero-order valence-corrected chi connectivity index (χ0v) is 16.7. The molecule has 0 radical (unpaired) electrons. The highest BCUT2D eigenvalue weighted by molar-refractivity contribution is 6.33. The van der Waals surface area contributed by atoms with Gasteiger partial charge in [0.2, 0.25) is 0 Å². The summed E-state index contributed by atoms with van der Waals surface area (Å²) >= 11 is 6.16. The number of furan rings is 1. The number of carboxylic acids is 1. The van der Waals surface area contributed by atoms with Gasteiger partial charge >= 0.3 is 5.97 Å². The fourth-order valence-electron chi connectivity index (χ4n) is 2.85. The van der Waals surface area contributed by atoms with Gasteiger partial charge in [-0.2, -0.15) is 5.26 Å². The topological polar surface area (TPSA) is 103 Å². The monoisotopic (exact) mass is 420 g/mol. The predicted octanol–water partition coefficient (Wildman–Crippen LogP) is 5.41. The zero-order chi connectivity index (χ0) is 21.7. The molecule has 150 valence electrons. The van der Waals surface area contributed by atoms with Crippen molar-refractivity contribution in [3.8, 4) is 17.4 Å². The fraction of sp³-hybridized carbons (Fsp3) is 0.0870. The Kier molecular flexibility index (Phi) is 6.35. The molecule has 2 aromatic carbocycles. The predicted molar refractivity (Wildman–Crippen MR) is 114 cm³/mol. The molecule has 0 saturated carbocycles. The molecule has 0 aliphatic carbocycles. The molecule has 0 unspecified atom stereocenters. The third-order valence-corrected chi connectivity index (χ3v) is 4.73. The van der Waals surface area contributed by atoms with Crippen molar-refractivity contribution in [1.29, 1.82) is 5.26 Å². The number of carboxylic acid groups (broad SMARTS) is 1. The molecule has 6 nitrogen and oxygen atoms in total. The van der Waals surface area contributed by atoms with Gasteiger partial charge in [-0.1, -0.05) is 36.7 Å². The largest absolute Gasteiger partial charge is 0.478 e. The maximum absolute atomic E-state index is 12.5. The lowest BCUT2D eigenvalue weighted by Crippen LogP contribution is -2.14. The highest BCUT2D eigenvalue weighted by Gasteiger charge is 2.15.